The van der Waals surface area contributed by atoms with E-state index in [-0.39, 0.29) is 5.57 Å². The van der Waals surface area contributed by atoms with Gasteiger partial charge in [-0.1, -0.05) is 60.7 Å². The molecule has 0 fully saturated rings. The highest BCUT2D eigenvalue weighted by molar-refractivity contribution is 6.01. The van der Waals surface area contributed by atoms with E-state index < -0.39 is 18.4 Å². The maximum absolute atomic E-state index is 12.1. The lowest BCUT2D eigenvalue weighted by Crippen LogP contribution is -2.25. The number of aliphatic carboxylic acids is 1. The molecule has 4 heteroatoms. The molecule has 0 unspecified atom stereocenters. The molecule has 2 aromatic carbocycles. The van der Waals surface area contributed by atoms with Crippen molar-refractivity contribution in [1.29, 1.82) is 0 Å². The Kier molecular flexibility index (Phi) is 5.69. The van der Waals surface area contributed by atoms with Gasteiger partial charge in [0.2, 0.25) is 0 Å². The third-order valence-electron chi connectivity index (χ3n) is 3.46. The van der Waals surface area contributed by atoms with E-state index in [4.69, 9.17) is 4.74 Å². The van der Waals surface area contributed by atoms with E-state index >= 15 is 0 Å². The standard InChI is InChI=1S/C19H18O4/c1-23-19(22)17(13-18(20)21)16(15-10-6-3-7-11-15)12-14-8-4-2-5-9-14/h2-11H,12-13H2,1H3,(H,20,21)/p-1. The molecule has 4 nitrogen and oxygen atoms in total. The van der Waals surface area contributed by atoms with Crippen LogP contribution >= 0.6 is 0 Å². The highest BCUT2D eigenvalue weighted by atomic mass is 16.5. The first-order valence-electron chi connectivity index (χ1n) is 7.21. The molecule has 0 aromatic heterocycles. The van der Waals surface area contributed by atoms with Gasteiger partial charge in [0.1, 0.15) is 0 Å². The van der Waals surface area contributed by atoms with Crippen LogP contribution in [0.1, 0.15) is 17.5 Å². The fraction of sp³-hybridized carbons (Fsp3) is 0.158. The monoisotopic (exact) mass is 309 g/mol. The molecule has 0 aliphatic carbocycles. The molecule has 0 bridgehead atoms. The Labute approximate surface area is 135 Å². The zero-order valence-corrected chi connectivity index (χ0v) is 12.8. The molecule has 0 N–H and O–H groups in total. The Hall–Kier alpha value is -2.88. The van der Waals surface area contributed by atoms with Crippen molar-refractivity contribution in [3.05, 3.63) is 77.4 Å². The number of hydrogen-bond acceptors (Lipinski definition) is 4. The Balaban J connectivity index is 2.55. The Morgan fingerprint density at radius 1 is 0.957 bits per heavy atom. The molecule has 23 heavy (non-hydrogen) atoms. The number of esters is 1. The lowest BCUT2D eigenvalue weighted by molar-refractivity contribution is -0.304. The fourth-order valence-corrected chi connectivity index (χ4v) is 2.39. The van der Waals surface area contributed by atoms with Crippen LogP contribution in [0.2, 0.25) is 0 Å². The van der Waals surface area contributed by atoms with Crippen molar-refractivity contribution in [2.45, 2.75) is 12.8 Å². The normalized spacial score (nSPS) is 11.5. The number of carboxylic acid groups (broad SMARTS) is 1. The number of methoxy groups -OCH3 is 1. The summed E-state index contributed by atoms with van der Waals surface area (Å²) in [5.74, 6) is -1.96. The average molecular weight is 309 g/mol. The summed E-state index contributed by atoms with van der Waals surface area (Å²) < 4.78 is 4.77. The van der Waals surface area contributed by atoms with E-state index in [0.29, 0.717) is 12.0 Å². The predicted molar refractivity (Wildman–Crippen MR) is 85.1 cm³/mol. The van der Waals surface area contributed by atoms with Gasteiger partial charge >= 0.3 is 5.97 Å². The number of hydrogen-bond donors (Lipinski definition) is 0. The van der Waals surface area contributed by atoms with Crippen molar-refractivity contribution in [1.82, 2.24) is 0 Å². The van der Waals surface area contributed by atoms with Gasteiger partial charge in [0.15, 0.2) is 0 Å². The molecule has 2 rings (SSSR count). The lowest BCUT2D eigenvalue weighted by atomic mass is 9.92. The van der Waals surface area contributed by atoms with Crippen molar-refractivity contribution < 1.29 is 19.4 Å². The number of allylic oxidation sites excluding steroid dienone is 1. The van der Waals surface area contributed by atoms with Crippen LogP contribution in [-0.2, 0) is 20.7 Å². The van der Waals surface area contributed by atoms with Crippen molar-refractivity contribution >= 4 is 17.5 Å². The largest absolute Gasteiger partial charge is 0.550 e. The van der Waals surface area contributed by atoms with Crippen LogP contribution in [0.25, 0.3) is 5.57 Å². The van der Waals surface area contributed by atoms with Crippen LogP contribution in [0.4, 0.5) is 0 Å². The molecule has 0 spiro atoms. The molecular weight excluding hydrogens is 292 g/mol. The second-order valence-corrected chi connectivity index (χ2v) is 5.03. The third kappa shape index (κ3) is 4.54. The van der Waals surface area contributed by atoms with Crippen molar-refractivity contribution in [2.75, 3.05) is 7.11 Å². The van der Waals surface area contributed by atoms with E-state index in [1.807, 2.05) is 60.7 Å². The van der Waals surface area contributed by atoms with E-state index in [2.05, 4.69) is 0 Å². The first-order valence-corrected chi connectivity index (χ1v) is 7.21. The Bertz CT molecular complexity index is 703. The molecular formula is C19H17O4-. The van der Waals surface area contributed by atoms with Crippen molar-refractivity contribution in [3.63, 3.8) is 0 Å². The van der Waals surface area contributed by atoms with Gasteiger partial charge in [-0.05, 0) is 23.1 Å². The zero-order chi connectivity index (χ0) is 16.7. The van der Waals surface area contributed by atoms with Gasteiger partial charge in [0.25, 0.3) is 0 Å². The Morgan fingerprint density at radius 2 is 1.52 bits per heavy atom. The molecule has 118 valence electrons. The van der Waals surface area contributed by atoms with Crippen LogP contribution in [0.3, 0.4) is 0 Å². The van der Waals surface area contributed by atoms with Crippen molar-refractivity contribution in [2.24, 2.45) is 0 Å². The number of rotatable bonds is 6. The van der Waals surface area contributed by atoms with Gasteiger partial charge in [-0.25, -0.2) is 4.79 Å². The predicted octanol–water partition coefficient (Wildman–Crippen LogP) is 2.00. The first-order chi connectivity index (χ1) is 11.1. The maximum atomic E-state index is 12.1. The number of carbonyl (C=O) groups is 2. The molecule has 0 aliphatic heterocycles. The molecule has 0 atom stereocenters. The molecule has 0 heterocycles. The summed E-state index contributed by atoms with van der Waals surface area (Å²) in [7, 11) is 1.24. The topological polar surface area (TPSA) is 66.4 Å². The average Bonchev–Trinajstić information content (AvgIpc) is 2.58. The quantitative estimate of drug-likeness (QED) is 0.604. The summed E-state index contributed by atoms with van der Waals surface area (Å²) >= 11 is 0. The lowest BCUT2D eigenvalue weighted by Gasteiger charge is -2.15. The molecule has 0 radical (unpaired) electrons. The van der Waals surface area contributed by atoms with Gasteiger partial charge in [0, 0.05) is 18.0 Å². The summed E-state index contributed by atoms with van der Waals surface area (Å²) in [4.78, 5) is 23.1. The van der Waals surface area contributed by atoms with Crippen LogP contribution in [-0.4, -0.2) is 19.0 Å². The van der Waals surface area contributed by atoms with Crippen LogP contribution < -0.4 is 5.11 Å². The van der Waals surface area contributed by atoms with E-state index in [9.17, 15) is 14.7 Å². The molecule has 0 amide bonds. The summed E-state index contributed by atoms with van der Waals surface area (Å²) in [6.07, 6.45) is -0.0493. The van der Waals surface area contributed by atoms with E-state index in [1.165, 1.54) is 7.11 Å². The number of ether oxygens (including phenoxy) is 1. The second-order valence-electron chi connectivity index (χ2n) is 5.03. The summed E-state index contributed by atoms with van der Waals surface area (Å²) in [6, 6.07) is 18.8. The highest BCUT2D eigenvalue weighted by Crippen LogP contribution is 2.26. The summed E-state index contributed by atoms with van der Waals surface area (Å²) in [5.41, 5.74) is 2.51. The van der Waals surface area contributed by atoms with E-state index in [1.54, 1.807) is 0 Å². The highest BCUT2D eigenvalue weighted by Gasteiger charge is 2.18. The van der Waals surface area contributed by atoms with Gasteiger partial charge in [-0.3, -0.25) is 0 Å². The van der Waals surface area contributed by atoms with Gasteiger partial charge in [0.05, 0.1) is 7.11 Å². The maximum Gasteiger partial charge on any atom is 0.334 e. The minimum atomic E-state index is -1.31. The zero-order valence-electron chi connectivity index (χ0n) is 12.8. The fourth-order valence-electron chi connectivity index (χ4n) is 2.39. The van der Waals surface area contributed by atoms with Crippen molar-refractivity contribution in [3.8, 4) is 0 Å². The van der Waals surface area contributed by atoms with Crippen LogP contribution in [0, 0.1) is 0 Å². The smallest absolute Gasteiger partial charge is 0.334 e. The number of carboxylic acids is 1. The molecule has 0 saturated heterocycles. The molecule has 0 aliphatic rings. The minimum Gasteiger partial charge on any atom is -0.550 e. The van der Waals surface area contributed by atoms with Gasteiger partial charge in [-0.2, -0.15) is 0 Å². The number of benzene rings is 2. The minimum absolute atomic E-state index is 0.113. The van der Waals surface area contributed by atoms with Crippen LogP contribution in [0.5, 0.6) is 0 Å². The SMILES string of the molecule is COC(=O)C(CC(=O)[O-])=C(Cc1ccccc1)c1ccccc1. The summed E-state index contributed by atoms with van der Waals surface area (Å²) in [5, 5.41) is 11.1. The van der Waals surface area contributed by atoms with Crippen LogP contribution in [0.15, 0.2) is 66.2 Å². The third-order valence-corrected chi connectivity index (χ3v) is 3.46. The number of carbonyl (C=O) groups excluding carboxylic acids is 2. The van der Waals surface area contributed by atoms with E-state index in [0.717, 1.165) is 11.1 Å². The van der Waals surface area contributed by atoms with Gasteiger partial charge < -0.3 is 14.6 Å². The first kappa shape index (κ1) is 16.5. The second kappa shape index (κ2) is 7.94. The van der Waals surface area contributed by atoms with Gasteiger partial charge in [-0.15, -0.1) is 0 Å². The summed E-state index contributed by atoms with van der Waals surface area (Å²) in [6.45, 7) is 0. The Morgan fingerprint density at radius 3 is 2.04 bits per heavy atom. The molecule has 0 saturated carbocycles. The molecule has 2 aromatic rings.